The SMILES string of the molecule is CCCCCC(=O)NCCCCC(NC)C1OC1NC(CCCCNC)C(C)=O. The molecule has 1 aliphatic heterocycles. The van der Waals surface area contributed by atoms with Gasteiger partial charge in [0.05, 0.1) is 6.04 Å². The maximum atomic E-state index is 11.9. The van der Waals surface area contributed by atoms with Gasteiger partial charge in [0.15, 0.2) is 0 Å². The second-order valence-corrected chi connectivity index (χ2v) is 8.15. The average molecular weight is 413 g/mol. The molecular weight excluding hydrogens is 368 g/mol. The van der Waals surface area contributed by atoms with Gasteiger partial charge in [-0.15, -0.1) is 0 Å². The van der Waals surface area contributed by atoms with Gasteiger partial charge < -0.3 is 20.7 Å². The number of hydrogen-bond acceptors (Lipinski definition) is 6. The van der Waals surface area contributed by atoms with Crippen LogP contribution >= 0.6 is 0 Å². The minimum absolute atomic E-state index is 0.0380. The first kappa shape index (κ1) is 26.0. The zero-order valence-electron chi connectivity index (χ0n) is 19.0. The van der Waals surface area contributed by atoms with Gasteiger partial charge in [-0.2, -0.15) is 0 Å². The molecule has 1 heterocycles. The molecule has 4 unspecified atom stereocenters. The first-order valence-corrected chi connectivity index (χ1v) is 11.5. The molecule has 0 aromatic rings. The van der Waals surface area contributed by atoms with Crippen LogP contribution in [0.5, 0.6) is 0 Å². The van der Waals surface area contributed by atoms with Crippen molar-refractivity contribution in [1.29, 1.82) is 0 Å². The molecule has 7 nitrogen and oxygen atoms in total. The van der Waals surface area contributed by atoms with Gasteiger partial charge in [0.1, 0.15) is 18.1 Å². The van der Waals surface area contributed by atoms with E-state index in [0.29, 0.717) is 6.42 Å². The standard InChI is InChI=1S/C22H44N4O3/c1-5-6-7-14-20(28)25-16-11-9-13-19(24-4)21-22(29-21)26-18(17(2)27)12-8-10-15-23-3/h18-19,21-24,26H,5-16H2,1-4H3,(H,25,28). The summed E-state index contributed by atoms with van der Waals surface area (Å²) in [4.78, 5) is 23.6. The molecule has 7 heteroatoms. The topological polar surface area (TPSA) is 94.8 Å². The Morgan fingerprint density at radius 1 is 0.966 bits per heavy atom. The molecule has 4 N–H and O–H groups in total. The minimum Gasteiger partial charge on any atom is -0.356 e. The molecule has 4 atom stereocenters. The zero-order chi connectivity index (χ0) is 21.5. The molecule has 0 aromatic carbocycles. The monoisotopic (exact) mass is 412 g/mol. The van der Waals surface area contributed by atoms with Crippen LogP contribution in [0.1, 0.15) is 78.1 Å². The number of epoxide rings is 1. The molecule has 0 bridgehead atoms. The minimum atomic E-state index is -0.123. The van der Waals surface area contributed by atoms with Crippen molar-refractivity contribution >= 4 is 11.7 Å². The van der Waals surface area contributed by atoms with Crippen LogP contribution in [-0.4, -0.2) is 63.3 Å². The van der Waals surface area contributed by atoms with Crippen molar-refractivity contribution in [2.75, 3.05) is 27.2 Å². The lowest BCUT2D eigenvalue weighted by Gasteiger charge is -2.16. The van der Waals surface area contributed by atoms with Crippen LogP contribution in [0.3, 0.4) is 0 Å². The third kappa shape index (κ3) is 11.7. The number of hydrogen-bond donors (Lipinski definition) is 4. The normalized spacial score (nSPS) is 20.3. The Morgan fingerprint density at radius 2 is 1.69 bits per heavy atom. The number of carbonyl (C=O) groups excluding carboxylic acids is 2. The number of unbranched alkanes of at least 4 members (excludes halogenated alkanes) is 4. The lowest BCUT2D eigenvalue weighted by atomic mass is 10.0. The van der Waals surface area contributed by atoms with E-state index in [-0.39, 0.29) is 36.1 Å². The Labute approximate surface area is 177 Å². The van der Waals surface area contributed by atoms with Gasteiger partial charge in [-0.25, -0.2) is 0 Å². The third-order valence-corrected chi connectivity index (χ3v) is 5.59. The number of amides is 1. The van der Waals surface area contributed by atoms with Gasteiger partial charge in [0, 0.05) is 19.0 Å². The predicted molar refractivity (Wildman–Crippen MR) is 118 cm³/mol. The highest BCUT2D eigenvalue weighted by Gasteiger charge is 2.45. The molecule has 29 heavy (non-hydrogen) atoms. The van der Waals surface area contributed by atoms with Gasteiger partial charge in [-0.1, -0.05) is 32.6 Å². The molecule has 1 rings (SSSR count). The Hall–Kier alpha value is -1.02. The molecule has 1 amide bonds. The molecule has 0 saturated carbocycles. The molecule has 0 radical (unpaired) electrons. The summed E-state index contributed by atoms with van der Waals surface area (Å²) in [6.45, 7) is 5.52. The summed E-state index contributed by atoms with van der Waals surface area (Å²) in [6.07, 6.45) is 9.92. The second-order valence-electron chi connectivity index (χ2n) is 8.15. The Kier molecular flexibility index (Phi) is 14.1. The first-order valence-electron chi connectivity index (χ1n) is 11.5. The number of rotatable bonds is 19. The van der Waals surface area contributed by atoms with E-state index < -0.39 is 0 Å². The summed E-state index contributed by atoms with van der Waals surface area (Å²) < 4.78 is 5.82. The predicted octanol–water partition coefficient (Wildman–Crippen LogP) is 2.10. The summed E-state index contributed by atoms with van der Waals surface area (Å²) in [5.41, 5.74) is 0. The number of carbonyl (C=O) groups is 2. The van der Waals surface area contributed by atoms with Crippen LogP contribution in [0.4, 0.5) is 0 Å². The third-order valence-electron chi connectivity index (χ3n) is 5.59. The van der Waals surface area contributed by atoms with Crippen molar-refractivity contribution in [3.8, 4) is 0 Å². The number of ether oxygens (including phenoxy) is 1. The highest BCUT2D eigenvalue weighted by atomic mass is 16.6. The number of Topliss-reactive ketones (excluding diaryl/α,β-unsaturated/α-hetero) is 1. The fourth-order valence-electron chi connectivity index (χ4n) is 3.63. The van der Waals surface area contributed by atoms with E-state index in [1.54, 1.807) is 6.92 Å². The molecule has 1 fully saturated rings. The Morgan fingerprint density at radius 3 is 2.34 bits per heavy atom. The number of nitrogens with one attached hydrogen (secondary N) is 4. The van der Waals surface area contributed by atoms with Gasteiger partial charge in [0.2, 0.25) is 5.91 Å². The van der Waals surface area contributed by atoms with Crippen molar-refractivity contribution in [2.24, 2.45) is 0 Å². The Bertz CT molecular complexity index is 461. The molecule has 0 aromatic heterocycles. The lowest BCUT2D eigenvalue weighted by Crippen LogP contribution is -2.41. The molecule has 1 saturated heterocycles. The highest BCUT2D eigenvalue weighted by Crippen LogP contribution is 2.26. The van der Waals surface area contributed by atoms with E-state index in [1.807, 2.05) is 14.1 Å². The van der Waals surface area contributed by atoms with E-state index in [1.165, 1.54) is 0 Å². The molecule has 0 aliphatic carbocycles. The summed E-state index contributed by atoms with van der Waals surface area (Å²) >= 11 is 0. The number of likely N-dealkylation sites (N-methyl/N-ethyl adjacent to an activating group) is 1. The first-order chi connectivity index (χ1) is 14.0. The van der Waals surface area contributed by atoms with Gasteiger partial charge >= 0.3 is 0 Å². The van der Waals surface area contributed by atoms with E-state index in [2.05, 4.69) is 28.2 Å². The van der Waals surface area contributed by atoms with Crippen molar-refractivity contribution in [3.63, 3.8) is 0 Å². The highest BCUT2D eigenvalue weighted by molar-refractivity contribution is 5.81. The summed E-state index contributed by atoms with van der Waals surface area (Å²) in [5.74, 6) is 0.350. The van der Waals surface area contributed by atoms with Crippen LogP contribution in [0, 0.1) is 0 Å². The molecule has 1 aliphatic rings. The Balaban J connectivity index is 2.19. The summed E-state index contributed by atoms with van der Waals surface area (Å²) in [7, 11) is 3.90. The van der Waals surface area contributed by atoms with Crippen molar-refractivity contribution < 1.29 is 14.3 Å². The van der Waals surface area contributed by atoms with Crippen LogP contribution < -0.4 is 21.3 Å². The largest absolute Gasteiger partial charge is 0.356 e. The molecule has 170 valence electrons. The van der Waals surface area contributed by atoms with Gasteiger partial charge in [-0.05, 0) is 59.7 Å². The van der Waals surface area contributed by atoms with Crippen molar-refractivity contribution in [2.45, 2.75) is 102 Å². The fraction of sp³-hybridized carbons (Fsp3) is 0.909. The average Bonchev–Trinajstić information content (AvgIpc) is 3.46. The van der Waals surface area contributed by atoms with Crippen LogP contribution in [-0.2, 0) is 14.3 Å². The maximum Gasteiger partial charge on any atom is 0.219 e. The summed E-state index contributed by atoms with van der Waals surface area (Å²) in [6, 6.07) is 0.145. The smallest absolute Gasteiger partial charge is 0.219 e. The lowest BCUT2D eigenvalue weighted by molar-refractivity contribution is -0.121. The van der Waals surface area contributed by atoms with Crippen LogP contribution in [0.2, 0.25) is 0 Å². The van der Waals surface area contributed by atoms with Crippen molar-refractivity contribution in [1.82, 2.24) is 21.3 Å². The van der Waals surface area contributed by atoms with Gasteiger partial charge in [-0.3, -0.25) is 14.9 Å². The zero-order valence-corrected chi connectivity index (χ0v) is 19.0. The van der Waals surface area contributed by atoms with Crippen LogP contribution in [0.25, 0.3) is 0 Å². The fourth-order valence-corrected chi connectivity index (χ4v) is 3.63. The summed E-state index contributed by atoms with van der Waals surface area (Å²) in [5, 5.41) is 12.9. The maximum absolute atomic E-state index is 11.9. The van der Waals surface area contributed by atoms with E-state index >= 15 is 0 Å². The van der Waals surface area contributed by atoms with Gasteiger partial charge in [0.25, 0.3) is 0 Å². The molecular formula is C22H44N4O3. The van der Waals surface area contributed by atoms with E-state index in [0.717, 1.165) is 70.9 Å². The van der Waals surface area contributed by atoms with Crippen molar-refractivity contribution in [3.05, 3.63) is 0 Å². The second kappa shape index (κ2) is 15.8. The number of ketones is 1. The van der Waals surface area contributed by atoms with E-state index in [9.17, 15) is 9.59 Å². The molecule has 0 spiro atoms. The van der Waals surface area contributed by atoms with E-state index in [4.69, 9.17) is 4.74 Å². The quantitative estimate of drug-likeness (QED) is 0.192. The van der Waals surface area contributed by atoms with Crippen LogP contribution in [0.15, 0.2) is 0 Å².